The summed E-state index contributed by atoms with van der Waals surface area (Å²) in [5, 5.41) is 8.94. The molecule has 1 aromatic rings. The normalized spacial score (nSPS) is 20.7. The number of nitrogens with zero attached hydrogens (tertiary/aromatic N) is 2. The van der Waals surface area contributed by atoms with E-state index in [9.17, 15) is 8.42 Å². The largest absolute Gasteiger partial charge is 0.243 e. The van der Waals surface area contributed by atoms with Crippen LogP contribution in [0.2, 0.25) is 0 Å². The van der Waals surface area contributed by atoms with Crippen LogP contribution in [0.25, 0.3) is 0 Å². The third-order valence-corrected chi connectivity index (χ3v) is 6.23. The van der Waals surface area contributed by atoms with Gasteiger partial charge in [0.25, 0.3) is 0 Å². The second kappa shape index (κ2) is 6.59. The molecule has 0 radical (unpaired) electrons. The molecule has 0 aliphatic carbocycles. The number of sulfonamides is 1. The van der Waals surface area contributed by atoms with Crippen molar-refractivity contribution in [2.45, 2.75) is 44.4 Å². The highest BCUT2D eigenvalue weighted by Crippen LogP contribution is 2.25. The minimum Gasteiger partial charge on any atom is -0.207 e. The van der Waals surface area contributed by atoms with Crippen molar-refractivity contribution in [1.82, 2.24) is 4.31 Å². The van der Waals surface area contributed by atoms with Gasteiger partial charge < -0.3 is 0 Å². The van der Waals surface area contributed by atoms with Gasteiger partial charge in [0.2, 0.25) is 10.0 Å². The molecule has 21 heavy (non-hydrogen) atoms. The number of aryl methyl sites for hydroxylation is 1. The molecule has 1 unspecified atom stereocenters. The fourth-order valence-corrected chi connectivity index (χ4v) is 4.44. The molecule has 1 saturated heterocycles. The maximum absolute atomic E-state index is 12.7. The summed E-state index contributed by atoms with van der Waals surface area (Å²) in [5.41, 5.74) is 1.23. The number of hydrogen-bond donors (Lipinski definition) is 0. The van der Waals surface area contributed by atoms with Gasteiger partial charge in [0.1, 0.15) is 0 Å². The molecule has 1 fully saturated rings. The van der Waals surface area contributed by atoms with Gasteiger partial charge >= 0.3 is 0 Å². The maximum atomic E-state index is 12.7. The fraction of sp³-hybridized carbons (Fsp3) is 0.562. The van der Waals surface area contributed by atoms with Gasteiger partial charge in [-0.25, -0.2) is 8.42 Å². The van der Waals surface area contributed by atoms with E-state index in [2.05, 4.69) is 13.0 Å². The van der Waals surface area contributed by atoms with E-state index in [-0.39, 0.29) is 0 Å². The molecule has 4 nitrogen and oxygen atoms in total. The minimum absolute atomic E-state index is 0.300. The molecule has 5 heteroatoms. The van der Waals surface area contributed by atoms with Crippen LogP contribution in [0.15, 0.2) is 23.1 Å². The lowest BCUT2D eigenvalue weighted by Crippen LogP contribution is -2.32. The molecule has 0 spiro atoms. The molecule has 1 aromatic carbocycles. The zero-order valence-electron chi connectivity index (χ0n) is 12.7. The topological polar surface area (TPSA) is 61.2 Å². The van der Waals surface area contributed by atoms with Gasteiger partial charge in [-0.2, -0.15) is 9.57 Å². The lowest BCUT2D eigenvalue weighted by Gasteiger charge is -2.20. The van der Waals surface area contributed by atoms with E-state index in [1.165, 1.54) is 0 Å². The minimum atomic E-state index is -3.44. The zero-order chi connectivity index (χ0) is 15.5. The zero-order valence-corrected chi connectivity index (χ0v) is 13.5. The Morgan fingerprint density at radius 1 is 1.33 bits per heavy atom. The quantitative estimate of drug-likeness (QED) is 0.862. The Morgan fingerprint density at radius 3 is 2.71 bits per heavy atom. The molecule has 0 bridgehead atoms. The molecular weight excluding hydrogens is 284 g/mol. The third kappa shape index (κ3) is 3.45. The number of hydrogen-bond acceptors (Lipinski definition) is 3. The van der Waals surface area contributed by atoms with E-state index >= 15 is 0 Å². The molecule has 1 aliphatic heterocycles. The standard InChI is InChI=1S/C16H22N2O2S/c1-3-14-5-4-9-18(10-8-14)21(19,20)16-7-6-15(12-17)13(2)11-16/h6-7,11,14H,3-5,8-10H2,1-2H3. The Labute approximate surface area is 127 Å². The van der Waals surface area contributed by atoms with Crippen LogP contribution in [0.5, 0.6) is 0 Å². The van der Waals surface area contributed by atoms with Gasteiger partial charge in [-0.3, -0.25) is 0 Å². The van der Waals surface area contributed by atoms with Gasteiger partial charge in [-0.15, -0.1) is 0 Å². The van der Waals surface area contributed by atoms with Crippen LogP contribution in [0.1, 0.15) is 43.7 Å². The van der Waals surface area contributed by atoms with E-state index in [1.54, 1.807) is 29.4 Å². The smallest absolute Gasteiger partial charge is 0.207 e. The van der Waals surface area contributed by atoms with Crippen LogP contribution in [0.4, 0.5) is 0 Å². The van der Waals surface area contributed by atoms with Gasteiger partial charge in [0, 0.05) is 13.1 Å². The van der Waals surface area contributed by atoms with Crippen LogP contribution in [-0.4, -0.2) is 25.8 Å². The number of rotatable bonds is 3. The Hall–Kier alpha value is -1.38. The summed E-state index contributed by atoms with van der Waals surface area (Å²) < 4.78 is 27.1. The van der Waals surface area contributed by atoms with Crippen molar-refractivity contribution in [2.75, 3.05) is 13.1 Å². The van der Waals surface area contributed by atoms with Crippen LogP contribution >= 0.6 is 0 Å². The maximum Gasteiger partial charge on any atom is 0.243 e. The molecule has 1 aliphatic rings. The lowest BCUT2D eigenvalue weighted by molar-refractivity contribution is 0.407. The van der Waals surface area contributed by atoms with Crippen LogP contribution in [-0.2, 0) is 10.0 Å². The van der Waals surface area contributed by atoms with Crippen molar-refractivity contribution in [3.05, 3.63) is 29.3 Å². The Kier molecular flexibility index (Phi) is 5.02. The first-order chi connectivity index (χ1) is 9.98. The van der Waals surface area contributed by atoms with Gasteiger partial charge in [-0.05, 0) is 55.9 Å². The summed E-state index contributed by atoms with van der Waals surface area (Å²) in [6, 6.07) is 6.81. The molecule has 1 heterocycles. The van der Waals surface area contributed by atoms with Crippen molar-refractivity contribution in [1.29, 1.82) is 5.26 Å². The summed E-state index contributed by atoms with van der Waals surface area (Å²) in [5.74, 6) is 0.632. The molecular formula is C16H22N2O2S. The Bertz CT molecular complexity index is 647. The molecule has 114 valence electrons. The first-order valence-corrected chi connectivity index (χ1v) is 8.94. The van der Waals surface area contributed by atoms with Crippen molar-refractivity contribution in [3.8, 4) is 6.07 Å². The molecule has 2 rings (SSSR count). The van der Waals surface area contributed by atoms with Crippen LogP contribution in [0, 0.1) is 24.2 Å². The average Bonchev–Trinajstić information content (AvgIpc) is 2.72. The summed E-state index contributed by atoms with van der Waals surface area (Å²) in [7, 11) is -3.44. The number of nitriles is 1. The highest BCUT2D eigenvalue weighted by Gasteiger charge is 2.27. The molecule has 1 atom stereocenters. The predicted molar refractivity (Wildman–Crippen MR) is 82.3 cm³/mol. The highest BCUT2D eigenvalue weighted by molar-refractivity contribution is 7.89. The van der Waals surface area contributed by atoms with E-state index in [0.717, 1.165) is 25.7 Å². The molecule has 0 amide bonds. The third-order valence-electron chi connectivity index (χ3n) is 4.34. The lowest BCUT2D eigenvalue weighted by atomic mass is 9.98. The van der Waals surface area contributed by atoms with E-state index in [0.29, 0.717) is 35.0 Å². The van der Waals surface area contributed by atoms with Crippen molar-refractivity contribution in [2.24, 2.45) is 5.92 Å². The Morgan fingerprint density at radius 2 is 2.10 bits per heavy atom. The molecule has 0 N–H and O–H groups in total. The van der Waals surface area contributed by atoms with Crippen LogP contribution < -0.4 is 0 Å². The monoisotopic (exact) mass is 306 g/mol. The summed E-state index contributed by atoms with van der Waals surface area (Å²) in [4.78, 5) is 0.300. The average molecular weight is 306 g/mol. The van der Waals surface area contributed by atoms with Gasteiger partial charge in [0.05, 0.1) is 16.5 Å². The predicted octanol–water partition coefficient (Wildman–Crippen LogP) is 3.07. The fourth-order valence-electron chi connectivity index (χ4n) is 2.86. The second-order valence-electron chi connectivity index (χ2n) is 5.70. The van der Waals surface area contributed by atoms with E-state index in [1.807, 2.05) is 0 Å². The summed E-state index contributed by atoms with van der Waals surface area (Å²) >= 11 is 0. The summed E-state index contributed by atoms with van der Waals surface area (Å²) in [6.07, 6.45) is 4.08. The van der Waals surface area contributed by atoms with E-state index in [4.69, 9.17) is 5.26 Å². The highest BCUT2D eigenvalue weighted by atomic mass is 32.2. The number of benzene rings is 1. The van der Waals surface area contributed by atoms with Gasteiger partial charge in [0.15, 0.2) is 0 Å². The first kappa shape index (κ1) is 16.0. The molecule has 0 aromatic heterocycles. The van der Waals surface area contributed by atoms with Crippen molar-refractivity contribution < 1.29 is 8.42 Å². The Balaban J connectivity index is 2.25. The first-order valence-electron chi connectivity index (χ1n) is 7.50. The van der Waals surface area contributed by atoms with E-state index < -0.39 is 10.0 Å². The van der Waals surface area contributed by atoms with Crippen molar-refractivity contribution >= 4 is 10.0 Å². The van der Waals surface area contributed by atoms with Gasteiger partial charge in [-0.1, -0.05) is 13.3 Å². The van der Waals surface area contributed by atoms with Crippen molar-refractivity contribution in [3.63, 3.8) is 0 Å². The molecule has 0 saturated carbocycles. The second-order valence-corrected chi connectivity index (χ2v) is 7.64. The SMILES string of the molecule is CCC1CCCN(S(=O)(=O)c2ccc(C#N)c(C)c2)CC1. The summed E-state index contributed by atoms with van der Waals surface area (Å²) in [6.45, 7) is 5.13. The van der Waals surface area contributed by atoms with Crippen LogP contribution in [0.3, 0.4) is 0 Å².